The zero-order valence-electron chi connectivity index (χ0n) is 14.7. The molecule has 1 N–H and O–H groups in total. The van der Waals surface area contributed by atoms with Gasteiger partial charge in [-0.25, -0.2) is 4.79 Å². The molecule has 3 rings (SSSR count). The quantitative estimate of drug-likeness (QED) is 0.672. The summed E-state index contributed by atoms with van der Waals surface area (Å²) in [5, 5.41) is 9.60. The molecule has 0 atom stereocenters. The number of carboxylic acids is 1. The molecule has 1 aromatic heterocycles. The number of aromatic carboxylic acids is 1. The van der Waals surface area contributed by atoms with Crippen LogP contribution in [0.4, 0.5) is 5.69 Å². The van der Waals surface area contributed by atoms with Gasteiger partial charge in [-0.1, -0.05) is 26.2 Å². The predicted octanol–water partition coefficient (Wildman–Crippen LogP) is 5.05. The number of carbonyl (C=O) groups is 2. The topological polar surface area (TPSA) is 57.6 Å². The number of amides is 1. The van der Waals surface area contributed by atoms with E-state index < -0.39 is 5.97 Å². The van der Waals surface area contributed by atoms with Crippen molar-refractivity contribution in [2.24, 2.45) is 11.8 Å². The average molecular weight is 436 g/mol. The van der Waals surface area contributed by atoms with Crippen LogP contribution in [-0.2, 0) is 4.79 Å². The van der Waals surface area contributed by atoms with E-state index in [1.807, 2.05) is 11.0 Å². The number of rotatable bonds is 4. The molecular weight excluding hydrogens is 409 g/mol. The van der Waals surface area contributed by atoms with Crippen molar-refractivity contribution in [1.82, 2.24) is 0 Å². The summed E-state index contributed by atoms with van der Waals surface area (Å²) in [6.07, 6.45) is 9.42. The Morgan fingerprint density at radius 3 is 2.31 bits per heavy atom. The van der Waals surface area contributed by atoms with E-state index in [0.29, 0.717) is 11.6 Å². The van der Waals surface area contributed by atoms with E-state index in [2.05, 4.69) is 22.9 Å². The second-order valence-corrected chi connectivity index (χ2v) is 9.96. The van der Waals surface area contributed by atoms with Crippen LogP contribution in [0, 0.1) is 11.8 Å². The molecule has 7 heteroatoms. The van der Waals surface area contributed by atoms with Crippen LogP contribution < -0.4 is 4.90 Å². The SMILES string of the molecule is CC1CCC(C(=O)N(c2cc(Br)sc2C(=O)O)C2CCCCC2)CC1.[LiH]. The number of carboxylic acid groups (broad SMARTS) is 1. The van der Waals surface area contributed by atoms with Crippen molar-refractivity contribution < 1.29 is 14.7 Å². The van der Waals surface area contributed by atoms with E-state index >= 15 is 0 Å². The van der Waals surface area contributed by atoms with Gasteiger partial charge in [0, 0.05) is 12.0 Å². The molecule has 4 nitrogen and oxygen atoms in total. The molecule has 0 saturated heterocycles. The van der Waals surface area contributed by atoms with Gasteiger partial charge < -0.3 is 10.0 Å². The second-order valence-electron chi connectivity index (χ2n) is 7.53. The van der Waals surface area contributed by atoms with Crippen molar-refractivity contribution >= 4 is 63.7 Å². The first-order valence-corrected chi connectivity index (χ1v) is 10.9. The molecule has 2 fully saturated rings. The molecule has 1 amide bonds. The number of carbonyl (C=O) groups excluding carboxylic acids is 1. The third kappa shape index (κ3) is 4.95. The Hall–Kier alpha value is -0.283. The van der Waals surface area contributed by atoms with E-state index in [1.54, 1.807) is 0 Å². The van der Waals surface area contributed by atoms with Gasteiger partial charge in [0.05, 0.1) is 9.47 Å². The number of halogens is 1. The van der Waals surface area contributed by atoms with Crippen molar-refractivity contribution in [2.75, 3.05) is 4.90 Å². The van der Waals surface area contributed by atoms with Crippen molar-refractivity contribution in [3.63, 3.8) is 0 Å². The molecule has 140 valence electrons. The normalized spacial score (nSPS) is 23.9. The van der Waals surface area contributed by atoms with E-state index in [1.165, 1.54) is 17.8 Å². The Labute approximate surface area is 180 Å². The van der Waals surface area contributed by atoms with Crippen molar-refractivity contribution in [2.45, 2.75) is 70.8 Å². The third-order valence-electron chi connectivity index (χ3n) is 5.68. The summed E-state index contributed by atoms with van der Waals surface area (Å²) in [5.41, 5.74) is 0.597. The van der Waals surface area contributed by atoms with Crippen LogP contribution in [0.1, 0.15) is 74.4 Å². The van der Waals surface area contributed by atoms with Gasteiger partial charge >= 0.3 is 24.8 Å². The fraction of sp³-hybridized carbons (Fsp3) is 0.684. The Balaban J connectivity index is 0.00000243. The summed E-state index contributed by atoms with van der Waals surface area (Å²) in [5.74, 6) is -0.0707. The number of anilines is 1. The van der Waals surface area contributed by atoms with Gasteiger partial charge in [0.25, 0.3) is 0 Å². The first-order chi connectivity index (χ1) is 12.0. The number of nitrogens with zero attached hydrogens (tertiary/aromatic N) is 1. The standard InChI is InChI=1S/C19H26BrNO3S.Li.H/c1-12-7-9-13(10-8-12)18(22)21(14-5-3-2-4-6-14)15-11-16(20)25-17(15)19(23)24;;/h11-14H,2-10H2,1H3,(H,23,24);;. The Morgan fingerprint density at radius 2 is 1.73 bits per heavy atom. The van der Waals surface area contributed by atoms with Crippen molar-refractivity contribution in [3.05, 3.63) is 14.7 Å². The Morgan fingerprint density at radius 1 is 1.12 bits per heavy atom. The number of hydrogen-bond acceptors (Lipinski definition) is 3. The molecule has 0 bridgehead atoms. The van der Waals surface area contributed by atoms with Crippen LogP contribution in [0.25, 0.3) is 0 Å². The average Bonchev–Trinajstić information content (AvgIpc) is 2.98. The fourth-order valence-electron chi connectivity index (χ4n) is 4.22. The second kappa shape index (κ2) is 9.77. The van der Waals surface area contributed by atoms with E-state index in [4.69, 9.17) is 0 Å². The van der Waals surface area contributed by atoms with Gasteiger partial charge in [-0.2, -0.15) is 0 Å². The zero-order valence-corrected chi connectivity index (χ0v) is 17.1. The molecule has 2 saturated carbocycles. The fourth-order valence-corrected chi connectivity index (χ4v) is 5.64. The van der Waals surface area contributed by atoms with Gasteiger partial charge in [-0.15, -0.1) is 11.3 Å². The first kappa shape index (κ1) is 22.0. The van der Waals surface area contributed by atoms with Gasteiger partial charge in [-0.05, 0) is 66.4 Å². The summed E-state index contributed by atoms with van der Waals surface area (Å²) in [6, 6.07) is 1.96. The summed E-state index contributed by atoms with van der Waals surface area (Å²) >= 11 is 4.62. The van der Waals surface area contributed by atoms with Crippen molar-refractivity contribution in [3.8, 4) is 0 Å². The molecule has 1 aromatic rings. The first-order valence-electron chi connectivity index (χ1n) is 9.33. The minimum absolute atomic E-state index is 0. The summed E-state index contributed by atoms with van der Waals surface area (Å²) in [6.45, 7) is 2.25. The van der Waals surface area contributed by atoms with Crippen molar-refractivity contribution in [1.29, 1.82) is 0 Å². The molecule has 0 spiro atoms. The van der Waals surface area contributed by atoms with Gasteiger partial charge in [0.1, 0.15) is 4.88 Å². The molecule has 2 aliphatic carbocycles. The molecule has 0 radical (unpaired) electrons. The van der Waals surface area contributed by atoms with Crippen LogP contribution in [0.2, 0.25) is 0 Å². The van der Waals surface area contributed by atoms with Gasteiger partial charge in [0.15, 0.2) is 0 Å². The Bertz CT molecular complexity index is 637. The zero-order chi connectivity index (χ0) is 18.0. The van der Waals surface area contributed by atoms with Crippen LogP contribution in [-0.4, -0.2) is 41.9 Å². The minimum atomic E-state index is -0.948. The monoisotopic (exact) mass is 435 g/mol. The maximum atomic E-state index is 13.4. The maximum absolute atomic E-state index is 13.4. The predicted molar refractivity (Wildman–Crippen MR) is 112 cm³/mol. The van der Waals surface area contributed by atoms with Crippen LogP contribution in [0.15, 0.2) is 9.85 Å². The third-order valence-corrected chi connectivity index (χ3v) is 7.29. The van der Waals surface area contributed by atoms with Gasteiger partial charge in [0.2, 0.25) is 5.91 Å². The van der Waals surface area contributed by atoms with E-state index in [-0.39, 0.29) is 41.6 Å². The molecule has 2 aliphatic rings. The number of hydrogen-bond donors (Lipinski definition) is 1. The number of thiophene rings is 1. The van der Waals surface area contributed by atoms with E-state index in [0.717, 1.165) is 55.2 Å². The van der Waals surface area contributed by atoms with Gasteiger partial charge in [-0.3, -0.25) is 4.79 Å². The molecule has 0 aliphatic heterocycles. The van der Waals surface area contributed by atoms with Crippen LogP contribution >= 0.6 is 27.3 Å². The van der Waals surface area contributed by atoms with Crippen LogP contribution in [0.3, 0.4) is 0 Å². The molecule has 0 unspecified atom stereocenters. The molecule has 1 heterocycles. The molecule has 26 heavy (non-hydrogen) atoms. The molecular formula is C19H27BrLiNO3S. The Kier molecular flexibility index (Phi) is 8.27. The summed E-state index contributed by atoms with van der Waals surface area (Å²) < 4.78 is 0.769. The van der Waals surface area contributed by atoms with Crippen LogP contribution in [0.5, 0.6) is 0 Å². The summed E-state index contributed by atoms with van der Waals surface area (Å²) in [4.78, 5) is 27.3. The summed E-state index contributed by atoms with van der Waals surface area (Å²) in [7, 11) is 0. The van der Waals surface area contributed by atoms with E-state index in [9.17, 15) is 14.7 Å². The molecule has 0 aromatic carbocycles.